The molecule has 4 heterocycles. The Kier molecular flexibility index (Phi) is 7.82. The Bertz CT molecular complexity index is 1650. The van der Waals surface area contributed by atoms with Crippen LogP contribution in [0.15, 0.2) is 47.5 Å². The van der Waals surface area contributed by atoms with Crippen LogP contribution in [0.3, 0.4) is 0 Å². The number of fused-ring (bicyclic) bond motifs is 2. The second kappa shape index (κ2) is 11.7. The minimum absolute atomic E-state index is 0.0399. The lowest BCUT2D eigenvalue weighted by Gasteiger charge is -2.31. The highest BCUT2D eigenvalue weighted by atomic mass is 32.2. The van der Waals surface area contributed by atoms with E-state index in [0.29, 0.717) is 56.9 Å². The number of carbonyl (C=O) groups excluding carboxylic acids is 1. The van der Waals surface area contributed by atoms with Crippen molar-refractivity contribution in [3.8, 4) is 5.75 Å². The predicted molar refractivity (Wildman–Crippen MR) is 164 cm³/mol. The molecule has 2 aromatic heterocycles. The molecule has 6 rings (SSSR count). The van der Waals surface area contributed by atoms with Crippen LogP contribution in [-0.4, -0.2) is 65.7 Å². The van der Waals surface area contributed by atoms with Crippen molar-refractivity contribution in [2.75, 3.05) is 23.7 Å². The van der Waals surface area contributed by atoms with Gasteiger partial charge in [-0.3, -0.25) is 14.1 Å². The van der Waals surface area contributed by atoms with Crippen molar-refractivity contribution < 1.29 is 13.7 Å². The Morgan fingerprint density at radius 1 is 1.05 bits per heavy atom. The van der Waals surface area contributed by atoms with Gasteiger partial charge in [-0.2, -0.15) is 15.1 Å². The van der Waals surface area contributed by atoms with Crippen molar-refractivity contribution in [1.29, 1.82) is 0 Å². The number of amides is 1. The first-order valence-electron chi connectivity index (χ1n) is 14.4. The summed E-state index contributed by atoms with van der Waals surface area (Å²) >= 11 is 0. The molecule has 2 aliphatic rings. The minimum atomic E-state index is -1.20. The molecule has 0 saturated carbocycles. The molecule has 4 aromatic rings. The number of benzene rings is 2. The van der Waals surface area contributed by atoms with Gasteiger partial charge >= 0.3 is 0 Å². The fraction of sp³-hybridized carbons (Fsp3) is 0.400. The molecule has 0 bridgehead atoms. The summed E-state index contributed by atoms with van der Waals surface area (Å²) in [4.78, 5) is 25.6. The van der Waals surface area contributed by atoms with Crippen LogP contribution >= 0.6 is 0 Å². The monoisotopic (exact) mass is 588 g/mol. The number of aromatic amines is 1. The van der Waals surface area contributed by atoms with Gasteiger partial charge in [0.2, 0.25) is 5.95 Å². The molecule has 1 fully saturated rings. The van der Waals surface area contributed by atoms with Gasteiger partial charge in [0, 0.05) is 23.4 Å². The van der Waals surface area contributed by atoms with Gasteiger partial charge in [-0.1, -0.05) is 26.0 Å². The summed E-state index contributed by atoms with van der Waals surface area (Å²) in [7, 11) is -1.20. The quantitative estimate of drug-likeness (QED) is 0.216. The number of ether oxygens (including phenoxy) is 1. The number of nitrogens with zero attached hydrogens (tertiary/aromatic N) is 4. The molecule has 1 saturated heterocycles. The first-order chi connectivity index (χ1) is 20.3. The number of para-hydroxylation sites is 1. The molecule has 0 aliphatic carbocycles. The minimum Gasteiger partial charge on any atom is -0.489 e. The molecule has 1 unspecified atom stereocenters. The van der Waals surface area contributed by atoms with Crippen LogP contribution in [0, 0.1) is 0 Å². The van der Waals surface area contributed by atoms with Crippen LogP contribution in [0.25, 0.3) is 11.0 Å². The average molecular weight is 589 g/mol. The molecule has 11 nitrogen and oxygen atoms in total. The molecule has 220 valence electrons. The predicted octanol–water partition coefficient (Wildman–Crippen LogP) is 4.85. The van der Waals surface area contributed by atoms with Gasteiger partial charge in [-0.15, -0.1) is 0 Å². The molecule has 0 spiro atoms. The number of rotatable bonds is 9. The topological polar surface area (TPSA) is 137 Å². The van der Waals surface area contributed by atoms with E-state index in [1.165, 1.54) is 0 Å². The highest BCUT2D eigenvalue weighted by Gasteiger charge is 2.34. The number of aromatic nitrogens is 4. The van der Waals surface area contributed by atoms with E-state index >= 15 is 0 Å². The first kappa shape index (κ1) is 28.1. The van der Waals surface area contributed by atoms with Gasteiger partial charge < -0.3 is 25.6 Å². The molecule has 4 N–H and O–H groups in total. The number of H-pyrrole nitrogens is 1. The maximum atomic E-state index is 13.5. The Hall–Kier alpha value is -4.03. The summed E-state index contributed by atoms with van der Waals surface area (Å²) in [5.41, 5.74) is 3.45. The van der Waals surface area contributed by atoms with Gasteiger partial charge in [0.05, 0.1) is 44.8 Å². The molecule has 2 aromatic carbocycles. The number of anilines is 4. The Morgan fingerprint density at radius 3 is 2.60 bits per heavy atom. The van der Waals surface area contributed by atoms with Gasteiger partial charge in [0.1, 0.15) is 11.6 Å². The van der Waals surface area contributed by atoms with Crippen molar-refractivity contribution in [3.63, 3.8) is 0 Å². The third-order valence-electron chi connectivity index (χ3n) is 7.49. The number of piperidine rings is 1. The number of hydrogen-bond donors (Lipinski definition) is 4. The van der Waals surface area contributed by atoms with Crippen molar-refractivity contribution in [2.45, 2.75) is 69.4 Å². The fourth-order valence-corrected chi connectivity index (χ4v) is 6.51. The van der Waals surface area contributed by atoms with Crippen molar-refractivity contribution >= 4 is 50.9 Å². The summed E-state index contributed by atoms with van der Waals surface area (Å²) in [5, 5.41) is 17.8. The summed E-state index contributed by atoms with van der Waals surface area (Å²) in [5.74, 6) is 1.47. The highest BCUT2D eigenvalue weighted by molar-refractivity contribution is 7.85. The van der Waals surface area contributed by atoms with E-state index in [2.05, 4.69) is 31.1 Å². The zero-order valence-electron chi connectivity index (χ0n) is 24.2. The SMILES string of the molecule is CC(C)Oc1cc2c(cc1Nc1nc(Nc3ccccc3S(=O)C(C)C)c3cn[nH]c3n1)C(=O)N(C1CCNCC1)C2. The largest absolute Gasteiger partial charge is 0.489 e. The van der Waals surface area contributed by atoms with Crippen molar-refractivity contribution in [1.82, 2.24) is 30.4 Å². The maximum Gasteiger partial charge on any atom is 0.254 e. The van der Waals surface area contributed by atoms with Gasteiger partial charge in [-0.25, -0.2) is 0 Å². The Morgan fingerprint density at radius 2 is 1.83 bits per heavy atom. The first-order valence-corrected chi connectivity index (χ1v) is 15.6. The lowest BCUT2D eigenvalue weighted by molar-refractivity contribution is 0.0668. The normalized spacial score (nSPS) is 16.3. The number of carbonyl (C=O) groups is 1. The van der Waals surface area contributed by atoms with Crippen LogP contribution in [0.1, 0.15) is 56.5 Å². The maximum absolute atomic E-state index is 13.5. The molecule has 1 amide bonds. The molecule has 2 aliphatic heterocycles. The van der Waals surface area contributed by atoms with E-state index < -0.39 is 10.8 Å². The smallest absolute Gasteiger partial charge is 0.254 e. The Balaban J connectivity index is 1.35. The second-order valence-corrected chi connectivity index (χ2v) is 13.2. The molecule has 12 heteroatoms. The second-order valence-electron chi connectivity index (χ2n) is 11.2. The summed E-state index contributed by atoms with van der Waals surface area (Å²) in [6.07, 6.45) is 3.47. The van der Waals surface area contributed by atoms with Crippen LogP contribution in [0.4, 0.5) is 23.1 Å². The molecular weight excluding hydrogens is 552 g/mol. The third-order valence-corrected chi connectivity index (χ3v) is 9.14. The van der Waals surface area contributed by atoms with Gasteiger partial charge in [0.15, 0.2) is 5.65 Å². The summed E-state index contributed by atoms with van der Waals surface area (Å²) in [6.45, 7) is 10.2. The molecule has 0 radical (unpaired) electrons. The van der Waals surface area contributed by atoms with Crippen LogP contribution < -0.4 is 20.7 Å². The average Bonchev–Trinajstić information content (AvgIpc) is 3.58. The number of hydrogen-bond acceptors (Lipinski definition) is 9. The standard InChI is InChI=1S/C30H36N8O3S/c1-17(2)41-25-13-19-16-38(20-9-11-31-12-10-20)29(39)21(19)14-24(25)34-30-35-27(22-15-32-37-28(22)36-30)33-23-7-5-6-8-26(23)42(40)18(3)4/h5-8,13-15,17-18,20,31H,9-12,16H2,1-4H3,(H3,32,33,34,35,36,37). The lowest BCUT2D eigenvalue weighted by atomic mass is 10.1. The van der Waals surface area contributed by atoms with E-state index in [4.69, 9.17) is 9.72 Å². The van der Waals surface area contributed by atoms with E-state index in [9.17, 15) is 9.00 Å². The van der Waals surface area contributed by atoms with Crippen LogP contribution in [0.5, 0.6) is 5.75 Å². The van der Waals surface area contributed by atoms with Crippen LogP contribution in [0.2, 0.25) is 0 Å². The summed E-state index contributed by atoms with van der Waals surface area (Å²) in [6, 6.07) is 11.5. The Labute approximate surface area is 247 Å². The van der Waals surface area contributed by atoms with Crippen LogP contribution in [-0.2, 0) is 17.3 Å². The molecule has 1 atom stereocenters. The van der Waals surface area contributed by atoms with E-state index in [1.807, 2.05) is 69.0 Å². The van der Waals surface area contributed by atoms with Crippen molar-refractivity contribution in [3.05, 3.63) is 53.7 Å². The van der Waals surface area contributed by atoms with Gasteiger partial charge in [-0.05, 0) is 69.6 Å². The number of nitrogens with one attached hydrogen (secondary N) is 4. The highest BCUT2D eigenvalue weighted by Crippen LogP contribution is 2.38. The summed E-state index contributed by atoms with van der Waals surface area (Å²) < 4.78 is 19.2. The van der Waals surface area contributed by atoms with E-state index in [-0.39, 0.29) is 23.3 Å². The fourth-order valence-electron chi connectivity index (χ4n) is 5.46. The lowest BCUT2D eigenvalue weighted by Crippen LogP contribution is -2.43. The third kappa shape index (κ3) is 5.56. The van der Waals surface area contributed by atoms with E-state index in [0.717, 1.165) is 31.5 Å². The zero-order chi connectivity index (χ0) is 29.4. The molecular formula is C30H36N8O3S. The molecule has 42 heavy (non-hydrogen) atoms. The zero-order valence-corrected chi connectivity index (χ0v) is 25.0. The van der Waals surface area contributed by atoms with E-state index in [1.54, 1.807) is 6.20 Å². The van der Waals surface area contributed by atoms with Crippen molar-refractivity contribution in [2.24, 2.45) is 0 Å². The van der Waals surface area contributed by atoms with Gasteiger partial charge in [0.25, 0.3) is 5.91 Å².